The zero-order chi connectivity index (χ0) is 10.6. The fraction of sp³-hybridized carbons (Fsp3) is 0.455. The third kappa shape index (κ3) is 3.08. The van der Waals surface area contributed by atoms with Gasteiger partial charge in [-0.3, -0.25) is 0 Å². The van der Waals surface area contributed by atoms with E-state index in [1.807, 2.05) is 19.2 Å². The molecule has 0 aliphatic heterocycles. The van der Waals surface area contributed by atoms with Crippen molar-refractivity contribution in [2.24, 2.45) is 0 Å². The molecule has 2 N–H and O–H groups in total. The van der Waals surface area contributed by atoms with Gasteiger partial charge in [0.1, 0.15) is 0 Å². The second-order valence-electron chi connectivity index (χ2n) is 3.46. The van der Waals surface area contributed by atoms with Crippen LogP contribution in [0.2, 0.25) is 0 Å². The number of hydrogen-bond donors (Lipinski definition) is 2. The molecule has 0 bridgehead atoms. The molecule has 3 heteroatoms. The molecule has 0 heterocycles. The fourth-order valence-corrected chi connectivity index (χ4v) is 1.78. The third-order valence-corrected chi connectivity index (χ3v) is 2.85. The van der Waals surface area contributed by atoms with Crippen LogP contribution >= 0.6 is 15.9 Å². The number of hydrogen-bond acceptors (Lipinski definition) is 2. The van der Waals surface area contributed by atoms with Crippen LogP contribution in [-0.4, -0.2) is 18.2 Å². The van der Waals surface area contributed by atoms with Crippen LogP contribution in [0.25, 0.3) is 0 Å². The van der Waals surface area contributed by atoms with Crippen molar-refractivity contribution in [2.45, 2.75) is 26.0 Å². The van der Waals surface area contributed by atoms with Crippen LogP contribution in [0, 0.1) is 0 Å². The van der Waals surface area contributed by atoms with Crippen molar-refractivity contribution in [3.8, 4) is 0 Å². The first-order valence-electron chi connectivity index (χ1n) is 4.72. The molecule has 1 unspecified atom stereocenters. The molecule has 2 nitrogen and oxygen atoms in total. The summed E-state index contributed by atoms with van der Waals surface area (Å²) in [5.74, 6) is 0. The molecule has 78 valence electrons. The lowest BCUT2D eigenvalue weighted by Gasteiger charge is -2.13. The van der Waals surface area contributed by atoms with E-state index in [0.29, 0.717) is 6.04 Å². The molecule has 0 aliphatic rings. The molecular weight excluding hydrogens is 242 g/mol. The number of aliphatic hydroxyl groups excluding tert-OH is 1. The maximum Gasteiger partial charge on any atom is 0.0684 e. The van der Waals surface area contributed by atoms with Crippen molar-refractivity contribution in [1.82, 2.24) is 5.32 Å². The molecule has 0 saturated carbocycles. The van der Waals surface area contributed by atoms with E-state index >= 15 is 0 Å². The molecule has 0 spiro atoms. The van der Waals surface area contributed by atoms with Crippen LogP contribution in [0.1, 0.15) is 18.1 Å². The van der Waals surface area contributed by atoms with Gasteiger partial charge in [0.25, 0.3) is 0 Å². The quantitative estimate of drug-likeness (QED) is 0.866. The monoisotopic (exact) mass is 257 g/mol. The minimum atomic E-state index is 0.102. The predicted octanol–water partition coefficient (Wildman–Crippen LogP) is 2.09. The highest BCUT2D eigenvalue weighted by atomic mass is 79.9. The highest BCUT2D eigenvalue weighted by Crippen LogP contribution is 2.18. The van der Waals surface area contributed by atoms with E-state index in [9.17, 15) is 5.11 Å². The van der Waals surface area contributed by atoms with Crippen LogP contribution in [0.4, 0.5) is 0 Å². The second-order valence-corrected chi connectivity index (χ2v) is 4.38. The van der Waals surface area contributed by atoms with Crippen molar-refractivity contribution < 1.29 is 5.11 Å². The number of rotatable bonds is 4. The molecule has 0 aliphatic carbocycles. The first-order chi connectivity index (χ1) is 6.67. The van der Waals surface area contributed by atoms with E-state index in [2.05, 4.69) is 34.2 Å². The Morgan fingerprint density at radius 2 is 2.14 bits per heavy atom. The van der Waals surface area contributed by atoms with Crippen LogP contribution in [0.5, 0.6) is 0 Å². The Kier molecular flexibility index (Phi) is 4.58. The van der Waals surface area contributed by atoms with Gasteiger partial charge in [-0.15, -0.1) is 0 Å². The lowest BCUT2D eigenvalue weighted by Crippen LogP contribution is -2.24. The number of benzene rings is 1. The molecule has 1 atom stereocenters. The van der Waals surface area contributed by atoms with Gasteiger partial charge in [-0.2, -0.15) is 0 Å². The highest BCUT2D eigenvalue weighted by Gasteiger charge is 2.05. The minimum Gasteiger partial charge on any atom is -0.392 e. The average molecular weight is 258 g/mol. The van der Waals surface area contributed by atoms with Gasteiger partial charge < -0.3 is 10.4 Å². The molecule has 0 amide bonds. The molecule has 0 fully saturated rings. The van der Waals surface area contributed by atoms with Crippen LogP contribution in [-0.2, 0) is 13.0 Å². The fourth-order valence-electron chi connectivity index (χ4n) is 1.37. The van der Waals surface area contributed by atoms with Crippen LogP contribution in [0.15, 0.2) is 22.7 Å². The van der Waals surface area contributed by atoms with Crippen molar-refractivity contribution in [2.75, 3.05) is 7.05 Å². The first-order valence-corrected chi connectivity index (χ1v) is 5.52. The number of halogens is 1. The van der Waals surface area contributed by atoms with Crippen molar-refractivity contribution >= 4 is 15.9 Å². The second kappa shape index (κ2) is 5.49. The number of aliphatic hydroxyl groups is 1. The Balaban J connectivity index is 2.85. The van der Waals surface area contributed by atoms with Gasteiger partial charge in [-0.1, -0.05) is 22.0 Å². The molecular formula is C11H16BrNO. The summed E-state index contributed by atoms with van der Waals surface area (Å²) in [6, 6.07) is 6.47. The summed E-state index contributed by atoms with van der Waals surface area (Å²) in [5.41, 5.74) is 2.21. The predicted molar refractivity (Wildman–Crippen MR) is 62.3 cm³/mol. The van der Waals surface area contributed by atoms with E-state index in [0.717, 1.165) is 16.5 Å². The van der Waals surface area contributed by atoms with E-state index in [4.69, 9.17) is 0 Å². The summed E-state index contributed by atoms with van der Waals surface area (Å²) in [4.78, 5) is 0. The molecule has 0 aromatic heterocycles. The molecule has 1 aromatic rings. The van der Waals surface area contributed by atoms with Gasteiger partial charge in [0.05, 0.1) is 6.61 Å². The first kappa shape index (κ1) is 11.7. The molecule has 1 aromatic carbocycles. The minimum absolute atomic E-state index is 0.102. The topological polar surface area (TPSA) is 32.3 Å². The highest BCUT2D eigenvalue weighted by molar-refractivity contribution is 9.10. The summed E-state index contributed by atoms with van der Waals surface area (Å²) in [6.07, 6.45) is 0.944. The van der Waals surface area contributed by atoms with Crippen LogP contribution in [0.3, 0.4) is 0 Å². The van der Waals surface area contributed by atoms with E-state index in [1.54, 1.807) is 0 Å². The third-order valence-electron chi connectivity index (χ3n) is 2.36. The van der Waals surface area contributed by atoms with Gasteiger partial charge in [0.15, 0.2) is 0 Å². The summed E-state index contributed by atoms with van der Waals surface area (Å²) >= 11 is 3.39. The Labute approximate surface area is 93.5 Å². The van der Waals surface area contributed by atoms with Gasteiger partial charge in [-0.05, 0) is 43.7 Å². The maximum atomic E-state index is 9.19. The molecule has 14 heavy (non-hydrogen) atoms. The van der Waals surface area contributed by atoms with Crippen molar-refractivity contribution in [3.05, 3.63) is 33.8 Å². The van der Waals surface area contributed by atoms with E-state index in [1.165, 1.54) is 5.56 Å². The Bertz CT molecular complexity index is 301. The van der Waals surface area contributed by atoms with Gasteiger partial charge >= 0.3 is 0 Å². The summed E-state index contributed by atoms with van der Waals surface area (Å²) < 4.78 is 1.02. The maximum absolute atomic E-state index is 9.19. The Morgan fingerprint density at radius 3 is 2.71 bits per heavy atom. The van der Waals surface area contributed by atoms with Crippen molar-refractivity contribution in [3.63, 3.8) is 0 Å². The Morgan fingerprint density at radius 1 is 1.43 bits per heavy atom. The Hall–Kier alpha value is -0.380. The molecule has 1 rings (SSSR count). The number of likely N-dealkylation sites (N-methyl/N-ethyl adjacent to an activating group) is 1. The van der Waals surface area contributed by atoms with E-state index < -0.39 is 0 Å². The normalized spacial score (nSPS) is 12.9. The zero-order valence-electron chi connectivity index (χ0n) is 8.55. The lowest BCUT2D eigenvalue weighted by molar-refractivity contribution is 0.280. The standard InChI is InChI=1S/C11H16BrNO/c1-8(13-2)5-9-3-4-11(12)6-10(9)7-14/h3-4,6,8,13-14H,5,7H2,1-2H3. The zero-order valence-corrected chi connectivity index (χ0v) is 10.1. The average Bonchev–Trinajstić information content (AvgIpc) is 2.20. The summed E-state index contributed by atoms with van der Waals surface area (Å²) in [6.45, 7) is 2.23. The van der Waals surface area contributed by atoms with E-state index in [-0.39, 0.29) is 6.61 Å². The SMILES string of the molecule is CNC(C)Cc1ccc(Br)cc1CO. The largest absolute Gasteiger partial charge is 0.392 e. The lowest BCUT2D eigenvalue weighted by atomic mass is 10.0. The van der Waals surface area contributed by atoms with Gasteiger partial charge in [0, 0.05) is 10.5 Å². The van der Waals surface area contributed by atoms with Gasteiger partial charge in [0.2, 0.25) is 0 Å². The summed E-state index contributed by atoms with van der Waals surface area (Å²) in [7, 11) is 1.95. The molecule has 0 saturated heterocycles. The smallest absolute Gasteiger partial charge is 0.0684 e. The number of nitrogens with one attached hydrogen (secondary N) is 1. The van der Waals surface area contributed by atoms with Gasteiger partial charge in [-0.25, -0.2) is 0 Å². The molecule has 0 radical (unpaired) electrons. The van der Waals surface area contributed by atoms with Crippen molar-refractivity contribution in [1.29, 1.82) is 0 Å². The summed E-state index contributed by atoms with van der Waals surface area (Å²) in [5, 5.41) is 12.4. The van der Waals surface area contributed by atoms with Crippen LogP contribution < -0.4 is 5.32 Å².